The van der Waals surface area contributed by atoms with Gasteiger partial charge in [0, 0.05) is 25.2 Å². The molecule has 2 rings (SSSR count). The van der Waals surface area contributed by atoms with Crippen LogP contribution in [0.3, 0.4) is 0 Å². The van der Waals surface area contributed by atoms with Gasteiger partial charge in [-0.15, -0.1) is 0 Å². The van der Waals surface area contributed by atoms with Crippen molar-refractivity contribution < 1.29 is 9.15 Å². The highest BCUT2D eigenvalue weighted by Crippen LogP contribution is 2.23. The largest absolute Gasteiger partial charge is 0.472 e. The molecule has 1 aliphatic rings. The van der Waals surface area contributed by atoms with Gasteiger partial charge in [0.15, 0.2) is 0 Å². The summed E-state index contributed by atoms with van der Waals surface area (Å²) in [5.41, 5.74) is 7.02. The van der Waals surface area contributed by atoms with Crippen molar-refractivity contribution in [3.05, 3.63) is 24.2 Å². The molecular formula is C12H20N2O2. The zero-order valence-corrected chi connectivity index (χ0v) is 9.76. The predicted octanol–water partition coefficient (Wildman–Crippen LogP) is 1.39. The first-order valence-corrected chi connectivity index (χ1v) is 5.93. The van der Waals surface area contributed by atoms with E-state index in [2.05, 4.69) is 11.8 Å². The summed E-state index contributed by atoms with van der Waals surface area (Å²) in [5, 5.41) is 0. The minimum absolute atomic E-state index is 0.261. The van der Waals surface area contributed by atoms with Crippen molar-refractivity contribution in [2.45, 2.75) is 25.5 Å². The van der Waals surface area contributed by atoms with Crippen LogP contribution in [0.4, 0.5) is 0 Å². The molecule has 1 aromatic rings. The Hall–Kier alpha value is -0.840. The molecule has 1 aliphatic heterocycles. The lowest BCUT2D eigenvalue weighted by molar-refractivity contribution is -0.0438. The molecule has 1 fully saturated rings. The van der Waals surface area contributed by atoms with Crippen LogP contribution in [0.1, 0.15) is 24.9 Å². The maximum absolute atomic E-state index is 5.86. The Balaban J connectivity index is 2.03. The maximum atomic E-state index is 5.86. The number of hydrogen-bond donors (Lipinski definition) is 1. The molecule has 0 bridgehead atoms. The predicted molar refractivity (Wildman–Crippen MR) is 62.1 cm³/mol. The summed E-state index contributed by atoms with van der Waals surface area (Å²) in [6.07, 6.45) is 4.89. The Morgan fingerprint density at radius 3 is 3.12 bits per heavy atom. The fourth-order valence-electron chi connectivity index (χ4n) is 2.23. The van der Waals surface area contributed by atoms with E-state index in [4.69, 9.17) is 14.9 Å². The van der Waals surface area contributed by atoms with E-state index in [0.717, 1.165) is 26.1 Å². The van der Waals surface area contributed by atoms with Crippen LogP contribution in [-0.2, 0) is 4.74 Å². The molecule has 0 aromatic carbocycles. The number of rotatable bonds is 4. The molecule has 0 amide bonds. The average Bonchev–Trinajstić information content (AvgIpc) is 2.84. The van der Waals surface area contributed by atoms with E-state index < -0.39 is 0 Å². The van der Waals surface area contributed by atoms with Gasteiger partial charge in [0.05, 0.1) is 31.3 Å². The fourth-order valence-corrected chi connectivity index (χ4v) is 2.23. The van der Waals surface area contributed by atoms with Gasteiger partial charge in [-0.1, -0.05) is 6.92 Å². The van der Waals surface area contributed by atoms with Crippen LogP contribution in [0.15, 0.2) is 23.0 Å². The van der Waals surface area contributed by atoms with Crippen LogP contribution in [0, 0.1) is 0 Å². The molecule has 0 spiro atoms. The van der Waals surface area contributed by atoms with Gasteiger partial charge >= 0.3 is 0 Å². The molecule has 2 unspecified atom stereocenters. The lowest BCUT2D eigenvalue weighted by atomic mass is 10.1. The van der Waals surface area contributed by atoms with Crippen LogP contribution >= 0.6 is 0 Å². The number of nitrogens with zero attached hydrogens (tertiary/aromatic N) is 1. The van der Waals surface area contributed by atoms with Crippen molar-refractivity contribution in [2.75, 3.05) is 26.2 Å². The van der Waals surface area contributed by atoms with Crippen LogP contribution in [0.25, 0.3) is 0 Å². The van der Waals surface area contributed by atoms with Gasteiger partial charge < -0.3 is 14.9 Å². The average molecular weight is 224 g/mol. The van der Waals surface area contributed by atoms with Crippen molar-refractivity contribution in [2.24, 2.45) is 5.73 Å². The van der Waals surface area contributed by atoms with E-state index in [-0.39, 0.29) is 6.04 Å². The molecule has 2 N–H and O–H groups in total. The summed E-state index contributed by atoms with van der Waals surface area (Å²) in [7, 11) is 0. The summed E-state index contributed by atoms with van der Waals surface area (Å²) in [4.78, 5) is 2.39. The summed E-state index contributed by atoms with van der Waals surface area (Å²) < 4.78 is 10.8. The molecule has 1 saturated heterocycles. The van der Waals surface area contributed by atoms with Crippen molar-refractivity contribution in [3.8, 4) is 0 Å². The van der Waals surface area contributed by atoms with Gasteiger partial charge in [0.25, 0.3) is 0 Å². The highest BCUT2D eigenvalue weighted by Gasteiger charge is 2.26. The molecule has 0 saturated carbocycles. The van der Waals surface area contributed by atoms with Crippen LogP contribution in [0.2, 0.25) is 0 Å². The standard InChI is InChI=1S/C12H20N2O2/c1-2-11-8-14(4-6-16-11)12(7-13)10-3-5-15-9-10/h3,5,9,11-12H,2,4,6-8,13H2,1H3. The number of furan rings is 1. The third-order valence-corrected chi connectivity index (χ3v) is 3.22. The van der Waals surface area contributed by atoms with Crippen LogP contribution < -0.4 is 5.73 Å². The van der Waals surface area contributed by atoms with Crippen LogP contribution in [-0.4, -0.2) is 37.2 Å². The molecule has 16 heavy (non-hydrogen) atoms. The Labute approximate surface area is 96.4 Å². The second-order valence-corrected chi connectivity index (χ2v) is 4.20. The summed E-state index contributed by atoms with van der Waals surface area (Å²) in [6, 6.07) is 2.25. The lowest BCUT2D eigenvalue weighted by Crippen LogP contribution is -2.45. The number of nitrogens with two attached hydrogens (primary N) is 1. The van der Waals surface area contributed by atoms with Gasteiger partial charge in [-0.25, -0.2) is 0 Å². The molecule has 0 radical (unpaired) electrons. The van der Waals surface area contributed by atoms with Crippen molar-refractivity contribution in [3.63, 3.8) is 0 Å². The first-order valence-electron chi connectivity index (χ1n) is 5.93. The molecule has 0 aliphatic carbocycles. The minimum atomic E-state index is 0.261. The van der Waals surface area contributed by atoms with Gasteiger partial charge in [-0.2, -0.15) is 0 Å². The first-order chi connectivity index (χ1) is 7.85. The van der Waals surface area contributed by atoms with E-state index >= 15 is 0 Å². The molecule has 2 heterocycles. The van der Waals surface area contributed by atoms with Crippen molar-refractivity contribution in [1.82, 2.24) is 4.90 Å². The third kappa shape index (κ3) is 2.45. The van der Waals surface area contributed by atoms with Gasteiger partial charge in [-0.05, 0) is 12.5 Å². The maximum Gasteiger partial charge on any atom is 0.0950 e. The molecule has 90 valence electrons. The SMILES string of the molecule is CCC1CN(C(CN)c2ccoc2)CCO1. The second-order valence-electron chi connectivity index (χ2n) is 4.20. The zero-order valence-electron chi connectivity index (χ0n) is 9.76. The Kier molecular flexibility index (Phi) is 3.98. The van der Waals surface area contributed by atoms with E-state index in [1.165, 1.54) is 5.56 Å². The van der Waals surface area contributed by atoms with E-state index in [9.17, 15) is 0 Å². The van der Waals surface area contributed by atoms with E-state index in [0.29, 0.717) is 12.6 Å². The van der Waals surface area contributed by atoms with Crippen molar-refractivity contribution >= 4 is 0 Å². The zero-order chi connectivity index (χ0) is 11.4. The molecule has 1 aromatic heterocycles. The lowest BCUT2D eigenvalue weighted by Gasteiger charge is -2.37. The summed E-state index contributed by atoms with van der Waals surface area (Å²) >= 11 is 0. The van der Waals surface area contributed by atoms with Crippen molar-refractivity contribution in [1.29, 1.82) is 0 Å². The Morgan fingerprint density at radius 2 is 2.50 bits per heavy atom. The quantitative estimate of drug-likeness (QED) is 0.839. The second kappa shape index (κ2) is 5.48. The number of morpholine rings is 1. The van der Waals surface area contributed by atoms with Gasteiger partial charge in [-0.3, -0.25) is 4.90 Å². The molecule has 2 atom stereocenters. The number of ether oxygens (including phenoxy) is 1. The molecule has 4 heteroatoms. The third-order valence-electron chi connectivity index (χ3n) is 3.22. The van der Waals surface area contributed by atoms with E-state index in [1.807, 2.05) is 6.07 Å². The fraction of sp³-hybridized carbons (Fsp3) is 0.667. The molecule has 4 nitrogen and oxygen atoms in total. The summed E-state index contributed by atoms with van der Waals surface area (Å²) in [5.74, 6) is 0. The monoisotopic (exact) mass is 224 g/mol. The van der Waals surface area contributed by atoms with Gasteiger partial charge in [0.1, 0.15) is 0 Å². The smallest absolute Gasteiger partial charge is 0.0950 e. The van der Waals surface area contributed by atoms with E-state index in [1.54, 1.807) is 12.5 Å². The highest BCUT2D eigenvalue weighted by molar-refractivity contribution is 5.12. The van der Waals surface area contributed by atoms with Crippen LogP contribution in [0.5, 0.6) is 0 Å². The normalized spacial score (nSPS) is 24.5. The topological polar surface area (TPSA) is 51.6 Å². The first kappa shape index (κ1) is 11.6. The number of hydrogen-bond acceptors (Lipinski definition) is 4. The Morgan fingerprint density at radius 1 is 1.62 bits per heavy atom. The minimum Gasteiger partial charge on any atom is -0.472 e. The molecular weight excluding hydrogens is 204 g/mol. The summed E-state index contributed by atoms with van der Waals surface area (Å²) in [6.45, 7) is 5.49. The van der Waals surface area contributed by atoms with Gasteiger partial charge in [0.2, 0.25) is 0 Å². The Bertz CT molecular complexity index is 300. The highest BCUT2D eigenvalue weighted by atomic mass is 16.5.